The molecule has 2 aromatic carbocycles. The molecule has 9 heteroatoms. The van der Waals surface area contributed by atoms with Gasteiger partial charge in [-0.15, -0.1) is 0 Å². The summed E-state index contributed by atoms with van der Waals surface area (Å²) in [6.45, 7) is 2.34. The van der Waals surface area contributed by atoms with Crippen LogP contribution in [0, 0.1) is 0 Å². The molecule has 2 aromatic rings. The molecular weight excluding hydrogens is 400 g/mol. The largest absolute Gasteiger partial charge is 0.494 e. The topological polar surface area (TPSA) is 118 Å². The van der Waals surface area contributed by atoms with Gasteiger partial charge in [0.15, 0.2) is 6.61 Å². The van der Waals surface area contributed by atoms with Crippen molar-refractivity contribution in [1.82, 2.24) is 10.7 Å². The number of hydrazone groups is 1. The molecule has 0 atom stereocenters. The summed E-state index contributed by atoms with van der Waals surface area (Å²) in [4.78, 5) is 35.1. The normalized spacial score (nSPS) is 12.8. The number of nitrogens with one attached hydrogen (secondary N) is 3. The third-order valence-electron chi connectivity index (χ3n) is 4.20. The summed E-state index contributed by atoms with van der Waals surface area (Å²) in [6, 6.07) is 13.9. The molecule has 0 aromatic heterocycles. The van der Waals surface area contributed by atoms with Gasteiger partial charge in [-0.25, -0.2) is 5.43 Å². The molecule has 1 aliphatic rings. The highest BCUT2D eigenvalue weighted by Gasteiger charge is 2.26. The Labute approximate surface area is 179 Å². The number of carbonyl (C=O) groups excluding carboxylic acids is 3. The van der Waals surface area contributed by atoms with Crippen LogP contribution < -0.4 is 25.5 Å². The van der Waals surface area contributed by atoms with Crippen molar-refractivity contribution in [2.75, 3.05) is 18.5 Å². The van der Waals surface area contributed by atoms with E-state index >= 15 is 0 Å². The summed E-state index contributed by atoms with van der Waals surface area (Å²) >= 11 is 0. The summed E-state index contributed by atoms with van der Waals surface area (Å²) in [5.41, 5.74) is 3.52. The molecule has 0 spiro atoms. The molecule has 1 saturated carbocycles. The Balaban J connectivity index is 1.39. The van der Waals surface area contributed by atoms with Crippen LogP contribution in [0.15, 0.2) is 53.6 Å². The van der Waals surface area contributed by atoms with Crippen molar-refractivity contribution in [1.29, 1.82) is 0 Å². The molecule has 3 N–H and O–H groups in total. The SMILES string of the molecule is CCOc1ccc(NC(=O)COc2ccc(/C=N\NC(=O)C(=O)NC3CC3)cc2)cc1. The molecule has 1 fully saturated rings. The van der Waals surface area contributed by atoms with E-state index in [1.54, 1.807) is 48.5 Å². The first kappa shape index (κ1) is 21.8. The van der Waals surface area contributed by atoms with Gasteiger partial charge in [0.1, 0.15) is 11.5 Å². The second-order valence-corrected chi connectivity index (χ2v) is 6.81. The first-order valence-corrected chi connectivity index (χ1v) is 9.93. The summed E-state index contributed by atoms with van der Waals surface area (Å²) < 4.78 is 10.8. The number of hydrogen-bond acceptors (Lipinski definition) is 6. The average molecular weight is 424 g/mol. The van der Waals surface area contributed by atoms with Crippen LogP contribution in [0.25, 0.3) is 0 Å². The van der Waals surface area contributed by atoms with Gasteiger partial charge in [0.25, 0.3) is 5.91 Å². The number of anilines is 1. The molecule has 1 aliphatic carbocycles. The maximum absolute atomic E-state index is 12.0. The minimum Gasteiger partial charge on any atom is -0.494 e. The van der Waals surface area contributed by atoms with E-state index in [0.29, 0.717) is 23.6 Å². The van der Waals surface area contributed by atoms with Crippen molar-refractivity contribution < 1.29 is 23.9 Å². The van der Waals surface area contributed by atoms with Crippen LogP contribution in [0.5, 0.6) is 11.5 Å². The molecule has 0 saturated heterocycles. The lowest BCUT2D eigenvalue weighted by molar-refractivity contribution is -0.139. The number of ether oxygens (including phenoxy) is 2. The first-order chi connectivity index (χ1) is 15.0. The molecule has 0 aliphatic heterocycles. The predicted molar refractivity (Wildman–Crippen MR) is 115 cm³/mol. The maximum Gasteiger partial charge on any atom is 0.329 e. The zero-order chi connectivity index (χ0) is 22.1. The second kappa shape index (κ2) is 10.8. The quantitative estimate of drug-likeness (QED) is 0.322. The smallest absolute Gasteiger partial charge is 0.329 e. The Hall–Kier alpha value is -3.88. The zero-order valence-electron chi connectivity index (χ0n) is 17.1. The van der Waals surface area contributed by atoms with Crippen molar-refractivity contribution in [3.8, 4) is 11.5 Å². The van der Waals surface area contributed by atoms with Crippen molar-refractivity contribution in [2.24, 2.45) is 5.10 Å². The van der Waals surface area contributed by atoms with E-state index in [2.05, 4.69) is 21.2 Å². The molecule has 0 radical (unpaired) electrons. The van der Waals surface area contributed by atoms with Crippen LogP contribution >= 0.6 is 0 Å². The zero-order valence-corrected chi connectivity index (χ0v) is 17.1. The number of carbonyl (C=O) groups is 3. The molecule has 0 bridgehead atoms. The van der Waals surface area contributed by atoms with E-state index in [1.807, 2.05) is 6.92 Å². The molecule has 9 nitrogen and oxygen atoms in total. The summed E-state index contributed by atoms with van der Waals surface area (Å²) in [5, 5.41) is 9.08. The van der Waals surface area contributed by atoms with Gasteiger partial charge in [0, 0.05) is 11.7 Å². The van der Waals surface area contributed by atoms with Gasteiger partial charge in [-0.05, 0) is 73.9 Å². The van der Waals surface area contributed by atoms with Gasteiger partial charge in [-0.1, -0.05) is 0 Å². The third kappa shape index (κ3) is 7.46. The Kier molecular flexibility index (Phi) is 7.58. The van der Waals surface area contributed by atoms with Crippen molar-refractivity contribution in [2.45, 2.75) is 25.8 Å². The molecule has 31 heavy (non-hydrogen) atoms. The third-order valence-corrected chi connectivity index (χ3v) is 4.20. The number of nitrogens with zero attached hydrogens (tertiary/aromatic N) is 1. The molecule has 3 amide bonds. The molecule has 0 heterocycles. The van der Waals surface area contributed by atoms with Crippen LogP contribution in [0.4, 0.5) is 5.69 Å². The maximum atomic E-state index is 12.0. The lowest BCUT2D eigenvalue weighted by Gasteiger charge is -2.08. The van der Waals surface area contributed by atoms with Crippen LogP contribution in [0.2, 0.25) is 0 Å². The van der Waals surface area contributed by atoms with Gasteiger partial charge in [-0.3, -0.25) is 14.4 Å². The predicted octanol–water partition coefficient (Wildman–Crippen LogP) is 1.83. The minimum atomic E-state index is -0.804. The Morgan fingerprint density at radius 1 is 0.968 bits per heavy atom. The fourth-order valence-electron chi connectivity index (χ4n) is 2.49. The summed E-state index contributed by atoms with van der Waals surface area (Å²) in [7, 11) is 0. The van der Waals surface area contributed by atoms with E-state index in [0.717, 1.165) is 18.6 Å². The van der Waals surface area contributed by atoms with Gasteiger partial charge >= 0.3 is 11.8 Å². The molecular formula is C22H24N4O5. The fourth-order valence-corrected chi connectivity index (χ4v) is 2.49. The summed E-state index contributed by atoms with van der Waals surface area (Å²) in [5.74, 6) is -0.538. The first-order valence-electron chi connectivity index (χ1n) is 9.93. The molecule has 162 valence electrons. The minimum absolute atomic E-state index is 0.109. The van der Waals surface area contributed by atoms with Gasteiger partial charge < -0.3 is 20.1 Å². The average Bonchev–Trinajstić information content (AvgIpc) is 3.58. The lowest BCUT2D eigenvalue weighted by atomic mass is 10.2. The standard InChI is InChI=1S/C22H24N4O5/c1-2-30-18-11-7-16(8-12-18)24-20(27)14-31-19-9-3-15(4-10-19)13-23-26-22(29)21(28)25-17-5-6-17/h3-4,7-13,17H,2,5-6,14H2,1H3,(H,24,27)(H,25,28)(H,26,29)/b23-13-. The Bertz CT molecular complexity index is 937. The summed E-state index contributed by atoms with van der Waals surface area (Å²) in [6.07, 6.45) is 3.21. The van der Waals surface area contributed by atoms with Crippen LogP contribution in [0.3, 0.4) is 0 Å². The highest BCUT2D eigenvalue weighted by molar-refractivity contribution is 6.35. The van der Waals surface area contributed by atoms with Crippen molar-refractivity contribution >= 4 is 29.6 Å². The lowest BCUT2D eigenvalue weighted by Crippen LogP contribution is -2.38. The Morgan fingerprint density at radius 2 is 1.61 bits per heavy atom. The monoisotopic (exact) mass is 424 g/mol. The number of benzene rings is 2. The van der Waals surface area contributed by atoms with E-state index in [4.69, 9.17) is 9.47 Å². The second-order valence-electron chi connectivity index (χ2n) is 6.81. The van der Waals surface area contributed by atoms with E-state index < -0.39 is 11.8 Å². The van der Waals surface area contributed by atoms with Gasteiger partial charge in [0.05, 0.1) is 12.8 Å². The highest BCUT2D eigenvalue weighted by atomic mass is 16.5. The fraction of sp³-hybridized carbons (Fsp3) is 0.273. The Morgan fingerprint density at radius 3 is 2.26 bits per heavy atom. The highest BCUT2D eigenvalue weighted by Crippen LogP contribution is 2.18. The van der Waals surface area contributed by atoms with Crippen LogP contribution in [0.1, 0.15) is 25.3 Å². The number of hydrogen-bond donors (Lipinski definition) is 3. The van der Waals surface area contributed by atoms with E-state index in [1.165, 1.54) is 6.21 Å². The van der Waals surface area contributed by atoms with Crippen molar-refractivity contribution in [3.63, 3.8) is 0 Å². The van der Waals surface area contributed by atoms with Gasteiger partial charge in [-0.2, -0.15) is 5.10 Å². The molecule has 0 unspecified atom stereocenters. The van der Waals surface area contributed by atoms with E-state index in [9.17, 15) is 14.4 Å². The number of amides is 3. The number of rotatable bonds is 9. The van der Waals surface area contributed by atoms with Crippen LogP contribution in [-0.4, -0.2) is 43.2 Å². The van der Waals surface area contributed by atoms with Gasteiger partial charge in [0.2, 0.25) is 0 Å². The van der Waals surface area contributed by atoms with E-state index in [-0.39, 0.29) is 18.6 Å². The molecule has 3 rings (SSSR count). The van der Waals surface area contributed by atoms with Crippen molar-refractivity contribution in [3.05, 3.63) is 54.1 Å². The van der Waals surface area contributed by atoms with Crippen LogP contribution in [-0.2, 0) is 14.4 Å².